The first-order valence-electron chi connectivity index (χ1n) is 5.99. The number of anilines is 1. The average Bonchev–Trinajstić information content (AvgIpc) is 2.29. The van der Waals surface area contributed by atoms with Crippen LogP contribution in [0.3, 0.4) is 0 Å². The molecule has 0 aliphatic rings. The average molecular weight is 219 g/mol. The molecule has 1 aromatic rings. The fraction of sp³-hybridized carbons (Fsp3) is 0.429. The van der Waals surface area contributed by atoms with Gasteiger partial charge in [0.1, 0.15) is 5.76 Å². The topological polar surface area (TPSA) is 46.2 Å². The Hall–Kier alpha value is -1.44. The molecular formula is C14H21NO. The van der Waals surface area contributed by atoms with E-state index in [2.05, 4.69) is 6.92 Å². The summed E-state index contributed by atoms with van der Waals surface area (Å²) in [5.74, 6) is 0.301. The summed E-state index contributed by atoms with van der Waals surface area (Å²) in [6.07, 6.45) is 7.64. The van der Waals surface area contributed by atoms with Crippen molar-refractivity contribution in [1.82, 2.24) is 0 Å². The van der Waals surface area contributed by atoms with Gasteiger partial charge in [-0.1, -0.05) is 38.3 Å². The number of nitrogen functional groups attached to an aromatic ring is 1. The fourth-order valence-electron chi connectivity index (χ4n) is 1.65. The van der Waals surface area contributed by atoms with E-state index in [-0.39, 0.29) is 0 Å². The summed E-state index contributed by atoms with van der Waals surface area (Å²) in [5, 5.41) is 9.84. The Morgan fingerprint density at radius 1 is 1.25 bits per heavy atom. The van der Waals surface area contributed by atoms with Gasteiger partial charge in [0.2, 0.25) is 0 Å². The predicted molar refractivity (Wildman–Crippen MR) is 70.2 cm³/mol. The van der Waals surface area contributed by atoms with Gasteiger partial charge in [-0.25, -0.2) is 0 Å². The molecule has 0 unspecified atom stereocenters. The highest BCUT2D eigenvalue weighted by molar-refractivity contribution is 5.69. The highest BCUT2D eigenvalue weighted by atomic mass is 16.3. The van der Waals surface area contributed by atoms with Crippen molar-refractivity contribution in [2.45, 2.75) is 39.0 Å². The molecule has 0 amide bonds. The van der Waals surface area contributed by atoms with Crippen LogP contribution in [0.4, 0.5) is 5.69 Å². The van der Waals surface area contributed by atoms with Gasteiger partial charge in [0.05, 0.1) is 0 Å². The summed E-state index contributed by atoms with van der Waals surface area (Å²) < 4.78 is 0. The molecule has 1 aromatic carbocycles. The summed E-state index contributed by atoms with van der Waals surface area (Å²) >= 11 is 0. The third kappa shape index (κ3) is 3.97. The van der Waals surface area contributed by atoms with Crippen LogP contribution in [0, 0.1) is 0 Å². The Morgan fingerprint density at radius 3 is 2.69 bits per heavy atom. The summed E-state index contributed by atoms with van der Waals surface area (Å²) in [6.45, 7) is 2.19. The quantitative estimate of drug-likeness (QED) is 0.429. The molecule has 0 aliphatic carbocycles. The monoisotopic (exact) mass is 219 g/mol. The van der Waals surface area contributed by atoms with Crippen LogP contribution < -0.4 is 5.73 Å². The molecule has 0 spiro atoms. The number of rotatable bonds is 6. The third-order valence-corrected chi connectivity index (χ3v) is 2.63. The highest BCUT2D eigenvalue weighted by Crippen LogP contribution is 2.19. The number of hydrogen-bond acceptors (Lipinski definition) is 2. The van der Waals surface area contributed by atoms with Gasteiger partial charge < -0.3 is 10.8 Å². The maximum atomic E-state index is 9.84. The first-order chi connectivity index (χ1) is 7.75. The third-order valence-electron chi connectivity index (χ3n) is 2.63. The molecule has 0 aromatic heterocycles. The van der Waals surface area contributed by atoms with Gasteiger partial charge in [-0.3, -0.25) is 0 Å². The molecule has 0 fully saturated rings. The van der Waals surface area contributed by atoms with Gasteiger partial charge >= 0.3 is 0 Å². The van der Waals surface area contributed by atoms with Crippen LogP contribution in [0.2, 0.25) is 0 Å². The van der Waals surface area contributed by atoms with E-state index < -0.39 is 0 Å². The van der Waals surface area contributed by atoms with Crippen molar-refractivity contribution in [3.63, 3.8) is 0 Å². The lowest BCUT2D eigenvalue weighted by Gasteiger charge is -2.04. The van der Waals surface area contributed by atoms with Crippen molar-refractivity contribution in [1.29, 1.82) is 0 Å². The van der Waals surface area contributed by atoms with E-state index in [1.165, 1.54) is 19.3 Å². The standard InChI is InChI=1S/C14H21NO/c1-2-3-4-5-6-11-14(16)12-9-7-8-10-13(12)15/h7-11,16H,2-6,15H2,1H3. The van der Waals surface area contributed by atoms with Crippen LogP contribution in [0.25, 0.3) is 5.76 Å². The maximum Gasteiger partial charge on any atom is 0.120 e. The zero-order valence-electron chi connectivity index (χ0n) is 9.95. The van der Waals surface area contributed by atoms with E-state index in [0.29, 0.717) is 11.4 Å². The molecule has 16 heavy (non-hydrogen) atoms. The second kappa shape index (κ2) is 6.94. The number of hydrogen-bond donors (Lipinski definition) is 2. The Balaban J connectivity index is 2.47. The molecule has 0 saturated carbocycles. The molecule has 3 N–H and O–H groups in total. The summed E-state index contributed by atoms with van der Waals surface area (Å²) in [7, 11) is 0. The normalized spacial score (nSPS) is 11.7. The largest absolute Gasteiger partial charge is 0.508 e. The highest BCUT2D eigenvalue weighted by Gasteiger charge is 2.01. The summed E-state index contributed by atoms with van der Waals surface area (Å²) in [5.41, 5.74) is 7.14. The lowest BCUT2D eigenvalue weighted by Crippen LogP contribution is -1.92. The predicted octanol–water partition coefficient (Wildman–Crippen LogP) is 4.14. The van der Waals surface area contributed by atoms with E-state index in [1.54, 1.807) is 6.07 Å². The molecule has 0 bridgehead atoms. The summed E-state index contributed by atoms with van der Waals surface area (Å²) in [4.78, 5) is 0. The van der Waals surface area contributed by atoms with Gasteiger partial charge in [-0.2, -0.15) is 0 Å². The minimum absolute atomic E-state index is 0.301. The van der Waals surface area contributed by atoms with Gasteiger partial charge in [-0.15, -0.1) is 0 Å². The number of aliphatic hydroxyl groups is 1. The van der Waals surface area contributed by atoms with E-state index in [4.69, 9.17) is 5.73 Å². The van der Waals surface area contributed by atoms with E-state index in [0.717, 1.165) is 18.4 Å². The van der Waals surface area contributed by atoms with Gasteiger partial charge in [0.25, 0.3) is 0 Å². The van der Waals surface area contributed by atoms with E-state index >= 15 is 0 Å². The van der Waals surface area contributed by atoms with Gasteiger partial charge in [0, 0.05) is 11.3 Å². The van der Waals surface area contributed by atoms with E-state index in [9.17, 15) is 5.11 Å². The van der Waals surface area contributed by atoms with Crippen molar-refractivity contribution in [3.05, 3.63) is 35.9 Å². The van der Waals surface area contributed by atoms with Crippen LogP contribution in [-0.4, -0.2) is 5.11 Å². The second-order valence-corrected chi connectivity index (χ2v) is 4.03. The Kier molecular flexibility index (Phi) is 5.48. The van der Waals surface area contributed by atoms with Crippen LogP contribution >= 0.6 is 0 Å². The molecule has 0 atom stereocenters. The van der Waals surface area contributed by atoms with Crippen molar-refractivity contribution >= 4 is 11.4 Å². The molecule has 0 saturated heterocycles. The minimum atomic E-state index is 0.301. The fourth-order valence-corrected chi connectivity index (χ4v) is 1.65. The number of allylic oxidation sites excluding steroid dienone is 1. The van der Waals surface area contributed by atoms with Crippen LogP contribution in [-0.2, 0) is 0 Å². The first kappa shape index (κ1) is 12.6. The van der Waals surface area contributed by atoms with E-state index in [1.807, 2.05) is 24.3 Å². The van der Waals surface area contributed by atoms with Gasteiger partial charge in [-0.05, 0) is 31.1 Å². The van der Waals surface area contributed by atoms with Crippen LogP contribution in [0.1, 0.15) is 44.6 Å². The molecule has 88 valence electrons. The Bertz CT molecular complexity index is 344. The maximum absolute atomic E-state index is 9.84. The molecule has 0 heterocycles. The minimum Gasteiger partial charge on any atom is -0.508 e. The first-order valence-corrected chi connectivity index (χ1v) is 5.99. The molecule has 2 heteroatoms. The van der Waals surface area contributed by atoms with Crippen molar-refractivity contribution in [3.8, 4) is 0 Å². The van der Waals surface area contributed by atoms with Gasteiger partial charge in [0.15, 0.2) is 0 Å². The number of benzene rings is 1. The van der Waals surface area contributed by atoms with Crippen LogP contribution in [0.15, 0.2) is 30.3 Å². The number of aliphatic hydroxyl groups excluding tert-OH is 1. The Labute approximate surface area is 97.8 Å². The van der Waals surface area contributed by atoms with Crippen LogP contribution in [0.5, 0.6) is 0 Å². The lowest BCUT2D eigenvalue weighted by molar-refractivity contribution is 0.508. The smallest absolute Gasteiger partial charge is 0.120 e. The molecule has 0 radical (unpaired) electrons. The number of nitrogens with two attached hydrogens (primary N) is 1. The molecule has 0 aliphatic heterocycles. The zero-order chi connectivity index (χ0) is 11.8. The van der Waals surface area contributed by atoms with Crippen molar-refractivity contribution in [2.75, 3.05) is 5.73 Å². The second-order valence-electron chi connectivity index (χ2n) is 4.03. The SMILES string of the molecule is CCCCCCC=C(O)c1ccccc1N. The molecular weight excluding hydrogens is 198 g/mol. The van der Waals surface area contributed by atoms with Crippen molar-refractivity contribution in [2.24, 2.45) is 0 Å². The number of para-hydroxylation sites is 1. The zero-order valence-corrected chi connectivity index (χ0v) is 9.95. The summed E-state index contributed by atoms with van der Waals surface area (Å²) in [6, 6.07) is 7.39. The Morgan fingerprint density at radius 2 is 2.00 bits per heavy atom. The molecule has 2 nitrogen and oxygen atoms in total. The number of unbranched alkanes of at least 4 members (excludes halogenated alkanes) is 4. The molecule has 1 rings (SSSR count). The van der Waals surface area contributed by atoms with Crippen molar-refractivity contribution < 1.29 is 5.11 Å². The lowest BCUT2D eigenvalue weighted by atomic mass is 10.1.